The van der Waals surface area contributed by atoms with Crippen LogP contribution in [0, 0.1) is 0 Å². The number of hydrogen-bond donors (Lipinski definition) is 1. The summed E-state index contributed by atoms with van der Waals surface area (Å²) in [6.07, 6.45) is 0. The molecule has 2 heterocycles. The number of halogens is 1. The first kappa shape index (κ1) is 22.5. The molecule has 0 radical (unpaired) electrons. The van der Waals surface area contributed by atoms with Gasteiger partial charge in [0, 0.05) is 18.6 Å². The molecule has 0 saturated heterocycles. The molecule has 1 atom stereocenters. The number of esters is 2. The molecule has 31 heavy (non-hydrogen) atoms. The Bertz CT molecular complexity index is 1190. The second kappa shape index (κ2) is 8.93. The van der Waals surface area contributed by atoms with Crippen LogP contribution in [0.2, 0.25) is 0 Å². The van der Waals surface area contributed by atoms with Crippen molar-refractivity contribution in [1.29, 1.82) is 0 Å². The van der Waals surface area contributed by atoms with E-state index in [2.05, 4.69) is 21.2 Å². The van der Waals surface area contributed by atoms with E-state index in [-0.39, 0.29) is 35.9 Å². The van der Waals surface area contributed by atoms with Gasteiger partial charge in [-0.1, -0.05) is 28.1 Å². The fraction of sp³-hybridized carbons (Fsp3) is 0.333. The number of ether oxygens (including phenoxy) is 2. The smallest absolute Gasteiger partial charge is 0.355 e. The van der Waals surface area contributed by atoms with Crippen molar-refractivity contribution in [3.63, 3.8) is 0 Å². The summed E-state index contributed by atoms with van der Waals surface area (Å²) >= 11 is 3.37. The van der Waals surface area contributed by atoms with Gasteiger partial charge in [0.05, 0.1) is 30.3 Å². The van der Waals surface area contributed by atoms with Crippen LogP contribution in [0.25, 0.3) is 0 Å². The lowest BCUT2D eigenvalue weighted by atomic mass is 9.82. The number of fused-ring (bicyclic) bond motifs is 1. The molecule has 0 amide bonds. The number of hydrogen-bond acceptors (Lipinski definition) is 7. The summed E-state index contributed by atoms with van der Waals surface area (Å²) in [6, 6.07) is 6.99. The normalized spacial score (nSPS) is 15.2. The monoisotopic (exact) mass is 491 g/mol. The molecule has 0 saturated carbocycles. The maximum absolute atomic E-state index is 13.2. The van der Waals surface area contributed by atoms with Gasteiger partial charge in [0.15, 0.2) is 0 Å². The topological polar surface area (TPSA) is 109 Å². The van der Waals surface area contributed by atoms with Gasteiger partial charge in [-0.15, -0.1) is 0 Å². The highest BCUT2D eigenvalue weighted by Gasteiger charge is 2.40. The van der Waals surface area contributed by atoms with E-state index < -0.39 is 29.1 Å². The van der Waals surface area contributed by atoms with E-state index in [0.717, 1.165) is 9.04 Å². The van der Waals surface area contributed by atoms with Crippen LogP contribution in [0.5, 0.6) is 0 Å². The lowest BCUT2D eigenvalue weighted by molar-refractivity contribution is -0.142. The zero-order chi connectivity index (χ0) is 22.9. The lowest BCUT2D eigenvalue weighted by Crippen LogP contribution is -2.44. The van der Waals surface area contributed by atoms with Gasteiger partial charge >= 0.3 is 17.6 Å². The third-order valence-electron chi connectivity index (χ3n) is 4.97. The van der Waals surface area contributed by atoms with Crippen molar-refractivity contribution >= 4 is 33.7 Å². The molecule has 1 unspecified atom stereocenters. The molecule has 1 aromatic heterocycles. The van der Waals surface area contributed by atoms with Crippen LogP contribution in [0.1, 0.15) is 30.9 Å². The first-order valence-electron chi connectivity index (χ1n) is 9.63. The highest BCUT2D eigenvalue weighted by Crippen LogP contribution is 2.40. The van der Waals surface area contributed by atoms with Crippen molar-refractivity contribution in [2.24, 2.45) is 14.1 Å². The van der Waals surface area contributed by atoms with E-state index in [1.807, 2.05) is 0 Å². The largest absolute Gasteiger partial charge is 0.463 e. The molecule has 0 bridgehead atoms. The Labute approximate surface area is 186 Å². The van der Waals surface area contributed by atoms with Gasteiger partial charge in [-0.3, -0.25) is 13.9 Å². The van der Waals surface area contributed by atoms with Crippen LogP contribution >= 0.6 is 15.9 Å². The minimum atomic E-state index is -0.951. The predicted molar refractivity (Wildman–Crippen MR) is 117 cm³/mol. The molecule has 1 aliphatic heterocycles. The first-order chi connectivity index (χ1) is 14.7. The summed E-state index contributed by atoms with van der Waals surface area (Å²) < 4.78 is 13.3. The van der Waals surface area contributed by atoms with Crippen LogP contribution in [0.4, 0.5) is 5.82 Å². The summed E-state index contributed by atoms with van der Waals surface area (Å²) in [5.41, 5.74) is -0.638. The van der Waals surface area contributed by atoms with Crippen molar-refractivity contribution in [3.05, 3.63) is 72.0 Å². The Hall–Kier alpha value is -3.14. The zero-order valence-electron chi connectivity index (χ0n) is 17.5. The number of carbonyl (C=O) groups excluding carboxylic acids is 2. The number of nitrogens with zero attached hydrogens (tertiary/aromatic N) is 2. The van der Waals surface area contributed by atoms with Gasteiger partial charge in [-0.2, -0.15) is 0 Å². The Morgan fingerprint density at radius 2 is 1.58 bits per heavy atom. The van der Waals surface area contributed by atoms with Crippen LogP contribution in [-0.4, -0.2) is 34.3 Å². The molecule has 2 aromatic rings. The molecule has 1 aliphatic rings. The first-order valence-corrected chi connectivity index (χ1v) is 10.4. The SMILES string of the molecule is CCOC(=O)C1=C(C(=O)OCC)C(c2ccc(Br)cc2)c2c(n(C)c(=O)n(C)c2=O)N1. The average Bonchev–Trinajstić information content (AvgIpc) is 2.75. The molecule has 3 rings (SSSR count). The Morgan fingerprint density at radius 3 is 2.16 bits per heavy atom. The average molecular weight is 492 g/mol. The van der Waals surface area contributed by atoms with E-state index in [1.54, 1.807) is 38.1 Å². The summed E-state index contributed by atoms with van der Waals surface area (Å²) in [5, 5.41) is 2.80. The molecule has 10 heteroatoms. The fourth-order valence-corrected chi connectivity index (χ4v) is 3.80. The van der Waals surface area contributed by atoms with Crippen LogP contribution < -0.4 is 16.6 Å². The van der Waals surface area contributed by atoms with Gasteiger partial charge in [-0.05, 0) is 31.5 Å². The predicted octanol–water partition coefficient (Wildman–Crippen LogP) is 1.78. The molecule has 164 valence electrons. The summed E-state index contributed by atoms with van der Waals surface area (Å²) in [4.78, 5) is 51.5. The lowest BCUT2D eigenvalue weighted by Gasteiger charge is -2.31. The maximum atomic E-state index is 13.2. The molecule has 0 aliphatic carbocycles. The number of carbonyl (C=O) groups is 2. The van der Waals surface area contributed by atoms with Crippen molar-refractivity contribution in [2.45, 2.75) is 19.8 Å². The van der Waals surface area contributed by atoms with Gasteiger partial charge in [0.25, 0.3) is 5.56 Å². The van der Waals surface area contributed by atoms with Crippen molar-refractivity contribution < 1.29 is 19.1 Å². The van der Waals surface area contributed by atoms with E-state index in [9.17, 15) is 19.2 Å². The van der Waals surface area contributed by atoms with Crippen molar-refractivity contribution in [1.82, 2.24) is 9.13 Å². The number of benzene rings is 1. The Balaban J connectivity index is 2.43. The van der Waals surface area contributed by atoms with Crippen molar-refractivity contribution in [2.75, 3.05) is 18.5 Å². The number of nitrogens with one attached hydrogen (secondary N) is 1. The third-order valence-corrected chi connectivity index (χ3v) is 5.50. The fourth-order valence-electron chi connectivity index (χ4n) is 3.54. The van der Waals surface area contributed by atoms with E-state index in [0.29, 0.717) is 5.56 Å². The summed E-state index contributed by atoms with van der Waals surface area (Å²) in [7, 11) is 2.84. The maximum Gasteiger partial charge on any atom is 0.355 e. The third kappa shape index (κ3) is 3.95. The van der Waals surface area contributed by atoms with Crippen LogP contribution in [0.3, 0.4) is 0 Å². The minimum Gasteiger partial charge on any atom is -0.463 e. The highest BCUT2D eigenvalue weighted by molar-refractivity contribution is 9.10. The van der Waals surface area contributed by atoms with Gasteiger partial charge in [-0.25, -0.2) is 14.4 Å². The molecule has 1 aromatic carbocycles. The molecule has 0 fully saturated rings. The number of aromatic nitrogens is 2. The van der Waals surface area contributed by atoms with E-state index >= 15 is 0 Å². The minimum absolute atomic E-state index is 0.0501. The van der Waals surface area contributed by atoms with Gasteiger partial charge in [0.1, 0.15) is 11.5 Å². The van der Waals surface area contributed by atoms with Crippen molar-refractivity contribution in [3.8, 4) is 0 Å². The molecular weight excluding hydrogens is 470 g/mol. The quantitative estimate of drug-likeness (QED) is 0.634. The molecular formula is C21H22BrN3O6. The van der Waals surface area contributed by atoms with E-state index in [1.165, 1.54) is 18.7 Å². The Kier molecular flexibility index (Phi) is 6.49. The van der Waals surface area contributed by atoms with Gasteiger partial charge in [0.2, 0.25) is 0 Å². The Morgan fingerprint density at radius 1 is 1.00 bits per heavy atom. The standard InChI is InChI=1S/C21H22BrN3O6/c1-5-30-19(27)14-13(11-7-9-12(22)10-8-11)15-17(23-16(14)20(28)31-6-2)24(3)21(29)25(4)18(15)26/h7-10,13,23H,5-6H2,1-4H3. The number of anilines is 1. The van der Waals surface area contributed by atoms with E-state index in [4.69, 9.17) is 9.47 Å². The summed E-state index contributed by atoms with van der Waals surface area (Å²) in [5.74, 6) is -2.37. The molecule has 9 nitrogen and oxygen atoms in total. The number of rotatable bonds is 5. The van der Waals surface area contributed by atoms with Gasteiger partial charge < -0.3 is 14.8 Å². The van der Waals surface area contributed by atoms with Crippen LogP contribution in [0.15, 0.2) is 49.6 Å². The van der Waals surface area contributed by atoms with Crippen LogP contribution in [-0.2, 0) is 33.2 Å². The summed E-state index contributed by atoms with van der Waals surface area (Å²) in [6.45, 7) is 3.43. The second-order valence-corrected chi connectivity index (χ2v) is 7.72. The molecule has 1 N–H and O–H groups in total. The zero-order valence-corrected chi connectivity index (χ0v) is 19.1. The molecule has 0 spiro atoms. The second-order valence-electron chi connectivity index (χ2n) is 6.81. The highest BCUT2D eigenvalue weighted by atomic mass is 79.9.